The highest BCUT2D eigenvalue weighted by molar-refractivity contribution is 5.96. The van der Waals surface area contributed by atoms with E-state index < -0.39 is 0 Å². The average molecular weight is 207 g/mol. The fourth-order valence-corrected chi connectivity index (χ4v) is 1.91. The maximum atomic E-state index is 11.8. The Labute approximate surface area is 89.5 Å². The highest BCUT2D eigenvalue weighted by Crippen LogP contribution is 2.33. The number of aromatic nitrogens is 2. The van der Waals surface area contributed by atoms with Crippen molar-refractivity contribution in [2.45, 2.75) is 44.7 Å². The van der Waals surface area contributed by atoms with Crippen LogP contribution in [0.3, 0.4) is 0 Å². The van der Waals surface area contributed by atoms with Crippen molar-refractivity contribution in [3.8, 4) is 0 Å². The molecule has 0 spiro atoms. The van der Waals surface area contributed by atoms with Gasteiger partial charge in [0.05, 0.1) is 11.8 Å². The Morgan fingerprint density at radius 1 is 1.67 bits per heavy atom. The molecule has 0 bridgehead atoms. The number of carbonyl (C=O) groups is 1. The summed E-state index contributed by atoms with van der Waals surface area (Å²) in [6.45, 7) is 2.79. The van der Waals surface area contributed by atoms with Crippen molar-refractivity contribution >= 4 is 5.78 Å². The van der Waals surface area contributed by atoms with Crippen molar-refractivity contribution in [3.63, 3.8) is 0 Å². The van der Waals surface area contributed by atoms with E-state index in [0.717, 1.165) is 25.8 Å². The van der Waals surface area contributed by atoms with Crippen LogP contribution < -0.4 is 5.73 Å². The van der Waals surface area contributed by atoms with Crippen molar-refractivity contribution in [1.29, 1.82) is 0 Å². The smallest absolute Gasteiger partial charge is 0.167 e. The SMILES string of the molecule is CCn1cc(C(=O)CC2(N)CCC2)cn1. The number of nitrogens with zero attached hydrogens (tertiary/aromatic N) is 2. The van der Waals surface area contributed by atoms with E-state index in [9.17, 15) is 4.79 Å². The number of hydrogen-bond donors (Lipinski definition) is 1. The molecule has 1 aliphatic rings. The molecule has 0 unspecified atom stereocenters. The van der Waals surface area contributed by atoms with E-state index in [4.69, 9.17) is 5.73 Å². The van der Waals surface area contributed by atoms with Crippen molar-refractivity contribution in [2.24, 2.45) is 5.73 Å². The Morgan fingerprint density at radius 2 is 2.40 bits per heavy atom. The van der Waals surface area contributed by atoms with E-state index in [2.05, 4.69) is 5.10 Å². The summed E-state index contributed by atoms with van der Waals surface area (Å²) >= 11 is 0. The molecule has 0 aromatic carbocycles. The number of carbonyl (C=O) groups excluding carboxylic acids is 1. The van der Waals surface area contributed by atoms with Crippen LogP contribution in [0.4, 0.5) is 0 Å². The van der Waals surface area contributed by atoms with Gasteiger partial charge in [-0.05, 0) is 26.2 Å². The summed E-state index contributed by atoms with van der Waals surface area (Å²) in [6.07, 6.45) is 6.99. The van der Waals surface area contributed by atoms with Gasteiger partial charge in [0.2, 0.25) is 0 Å². The van der Waals surface area contributed by atoms with Gasteiger partial charge in [-0.25, -0.2) is 0 Å². The molecular weight excluding hydrogens is 190 g/mol. The van der Waals surface area contributed by atoms with E-state index in [1.807, 2.05) is 6.92 Å². The zero-order valence-electron chi connectivity index (χ0n) is 9.07. The normalized spacial score (nSPS) is 18.5. The first-order valence-electron chi connectivity index (χ1n) is 5.47. The Balaban J connectivity index is 2.01. The minimum Gasteiger partial charge on any atom is -0.325 e. The van der Waals surface area contributed by atoms with E-state index in [1.54, 1.807) is 17.1 Å². The number of Topliss-reactive ketones (excluding diaryl/α,β-unsaturated/α-hetero) is 1. The molecular formula is C11H17N3O. The molecule has 1 aromatic heterocycles. The molecule has 0 amide bonds. The van der Waals surface area contributed by atoms with Crippen LogP contribution >= 0.6 is 0 Å². The molecule has 1 saturated carbocycles. The van der Waals surface area contributed by atoms with E-state index in [-0.39, 0.29) is 11.3 Å². The molecule has 4 nitrogen and oxygen atoms in total. The van der Waals surface area contributed by atoms with Gasteiger partial charge < -0.3 is 5.73 Å². The van der Waals surface area contributed by atoms with Gasteiger partial charge in [-0.15, -0.1) is 0 Å². The molecule has 1 fully saturated rings. The number of nitrogens with two attached hydrogens (primary N) is 1. The van der Waals surface area contributed by atoms with Gasteiger partial charge in [0.1, 0.15) is 0 Å². The molecule has 82 valence electrons. The highest BCUT2D eigenvalue weighted by Gasteiger charge is 2.34. The summed E-state index contributed by atoms with van der Waals surface area (Å²) < 4.78 is 1.76. The van der Waals surface area contributed by atoms with Gasteiger partial charge in [0.25, 0.3) is 0 Å². The number of aryl methyl sites for hydroxylation is 1. The van der Waals surface area contributed by atoms with Crippen LogP contribution in [-0.2, 0) is 6.54 Å². The van der Waals surface area contributed by atoms with E-state index >= 15 is 0 Å². The largest absolute Gasteiger partial charge is 0.325 e. The van der Waals surface area contributed by atoms with Crippen LogP contribution in [0, 0.1) is 0 Å². The second kappa shape index (κ2) is 3.77. The monoisotopic (exact) mass is 207 g/mol. The lowest BCUT2D eigenvalue weighted by Crippen LogP contribution is -2.48. The Hall–Kier alpha value is -1.16. The lowest BCUT2D eigenvalue weighted by Gasteiger charge is -2.37. The Morgan fingerprint density at radius 3 is 2.87 bits per heavy atom. The summed E-state index contributed by atoms with van der Waals surface area (Å²) in [7, 11) is 0. The van der Waals surface area contributed by atoms with Gasteiger partial charge >= 0.3 is 0 Å². The summed E-state index contributed by atoms with van der Waals surface area (Å²) in [5.74, 6) is 0.122. The molecule has 1 heterocycles. The molecule has 1 aromatic rings. The van der Waals surface area contributed by atoms with Gasteiger partial charge in [-0.3, -0.25) is 9.48 Å². The predicted molar refractivity (Wildman–Crippen MR) is 57.6 cm³/mol. The van der Waals surface area contributed by atoms with Crippen molar-refractivity contribution < 1.29 is 4.79 Å². The number of rotatable bonds is 4. The minimum absolute atomic E-state index is 0.122. The van der Waals surface area contributed by atoms with Crippen LogP contribution in [-0.4, -0.2) is 21.1 Å². The summed E-state index contributed by atoms with van der Waals surface area (Å²) in [5, 5.41) is 4.08. The first-order chi connectivity index (χ1) is 7.13. The van der Waals surface area contributed by atoms with E-state index in [1.165, 1.54) is 0 Å². The second-order valence-electron chi connectivity index (χ2n) is 4.40. The first kappa shape index (κ1) is 10.4. The van der Waals surface area contributed by atoms with Gasteiger partial charge in [0.15, 0.2) is 5.78 Å². The van der Waals surface area contributed by atoms with Crippen LogP contribution in [0.15, 0.2) is 12.4 Å². The molecule has 0 atom stereocenters. The molecule has 15 heavy (non-hydrogen) atoms. The van der Waals surface area contributed by atoms with Crippen LogP contribution in [0.5, 0.6) is 0 Å². The van der Waals surface area contributed by atoms with Crippen molar-refractivity contribution in [2.75, 3.05) is 0 Å². The summed E-state index contributed by atoms with van der Waals surface area (Å²) in [6, 6.07) is 0. The first-order valence-corrected chi connectivity index (χ1v) is 5.47. The number of ketones is 1. The fraction of sp³-hybridized carbons (Fsp3) is 0.636. The van der Waals surface area contributed by atoms with Gasteiger partial charge in [-0.1, -0.05) is 0 Å². The van der Waals surface area contributed by atoms with Crippen LogP contribution in [0.2, 0.25) is 0 Å². The molecule has 2 N–H and O–H groups in total. The lowest BCUT2D eigenvalue weighted by atomic mass is 9.74. The zero-order chi connectivity index (χ0) is 10.9. The molecule has 2 rings (SSSR count). The number of hydrogen-bond acceptors (Lipinski definition) is 3. The predicted octanol–water partition coefficient (Wildman–Crippen LogP) is 1.36. The van der Waals surface area contributed by atoms with Crippen LogP contribution in [0.1, 0.15) is 43.0 Å². The Kier molecular flexibility index (Phi) is 2.61. The Bertz CT molecular complexity index is 366. The maximum Gasteiger partial charge on any atom is 0.167 e. The second-order valence-corrected chi connectivity index (χ2v) is 4.40. The molecule has 0 saturated heterocycles. The zero-order valence-corrected chi connectivity index (χ0v) is 9.07. The highest BCUT2D eigenvalue weighted by atomic mass is 16.1. The van der Waals surface area contributed by atoms with Gasteiger partial charge in [-0.2, -0.15) is 5.10 Å². The molecule has 0 radical (unpaired) electrons. The molecule has 0 aliphatic heterocycles. The maximum absolute atomic E-state index is 11.8. The fourth-order valence-electron chi connectivity index (χ4n) is 1.91. The lowest BCUT2D eigenvalue weighted by molar-refractivity contribution is 0.0912. The minimum atomic E-state index is -0.231. The third-order valence-corrected chi connectivity index (χ3v) is 3.14. The van der Waals surface area contributed by atoms with Crippen molar-refractivity contribution in [1.82, 2.24) is 9.78 Å². The summed E-state index contributed by atoms with van der Waals surface area (Å²) in [4.78, 5) is 11.8. The van der Waals surface area contributed by atoms with Crippen molar-refractivity contribution in [3.05, 3.63) is 18.0 Å². The molecule has 4 heteroatoms. The third kappa shape index (κ3) is 2.09. The topological polar surface area (TPSA) is 60.9 Å². The molecule has 1 aliphatic carbocycles. The summed E-state index contributed by atoms with van der Waals surface area (Å²) in [5.41, 5.74) is 6.49. The average Bonchev–Trinajstić information content (AvgIpc) is 2.63. The van der Waals surface area contributed by atoms with Crippen LogP contribution in [0.25, 0.3) is 0 Å². The third-order valence-electron chi connectivity index (χ3n) is 3.14. The van der Waals surface area contributed by atoms with Gasteiger partial charge in [0, 0.05) is 24.7 Å². The quantitative estimate of drug-likeness (QED) is 0.758. The standard InChI is InChI=1S/C11H17N3O/c1-2-14-8-9(7-13-14)10(15)6-11(12)4-3-5-11/h7-8H,2-6,12H2,1H3. The van der Waals surface area contributed by atoms with E-state index in [0.29, 0.717) is 12.0 Å².